The maximum atomic E-state index is 12.7. The van der Waals surface area contributed by atoms with Crippen LogP contribution in [0.25, 0.3) is 0 Å². The molecule has 0 bridgehead atoms. The highest BCUT2D eigenvalue weighted by Gasteiger charge is 2.19. The molecule has 0 aliphatic heterocycles. The van der Waals surface area contributed by atoms with E-state index in [1.165, 1.54) is 12.1 Å². The van der Waals surface area contributed by atoms with Gasteiger partial charge in [-0.1, -0.05) is 18.2 Å². The van der Waals surface area contributed by atoms with Crippen LogP contribution in [0.4, 0.5) is 5.69 Å². The summed E-state index contributed by atoms with van der Waals surface area (Å²) in [7, 11) is -3.72. The van der Waals surface area contributed by atoms with Crippen molar-refractivity contribution in [2.45, 2.75) is 32.6 Å². The fourth-order valence-corrected chi connectivity index (χ4v) is 3.59. The second kappa shape index (κ2) is 7.57. The van der Waals surface area contributed by atoms with Crippen LogP contribution in [0.3, 0.4) is 0 Å². The van der Waals surface area contributed by atoms with Crippen LogP contribution in [0.2, 0.25) is 0 Å². The maximum absolute atomic E-state index is 12.7. The Labute approximate surface area is 143 Å². The Balaban J connectivity index is 2.40. The van der Waals surface area contributed by atoms with Gasteiger partial charge in [0.25, 0.3) is 10.0 Å². The van der Waals surface area contributed by atoms with Crippen molar-refractivity contribution in [3.05, 3.63) is 47.5 Å². The molecule has 1 N–H and O–H groups in total. The van der Waals surface area contributed by atoms with E-state index in [1.54, 1.807) is 6.07 Å². The number of nitrogens with one attached hydrogen (secondary N) is 1. The van der Waals surface area contributed by atoms with Gasteiger partial charge in [-0.25, -0.2) is 8.42 Å². The van der Waals surface area contributed by atoms with Crippen molar-refractivity contribution in [1.82, 2.24) is 0 Å². The molecule has 0 aromatic heterocycles. The smallest absolute Gasteiger partial charge is 0.262 e. The number of aryl methyl sites for hydroxylation is 2. The number of hydrogen-bond donors (Lipinski definition) is 1. The number of hydrogen-bond acceptors (Lipinski definition) is 4. The lowest BCUT2D eigenvalue weighted by atomic mass is 10.1. The Morgan fingerprint density at radius 1 is 0.917 bits per heavy atom. The lowest BCUT2D eigenvalue weighted by molar-refractivity contribution is 0.287. The van der Waals surface area contributed by atoms with E-state index in [0.29, 0.717) is 30.4 Å². The lowest BCUT2D eigenvalue weighted by Crippen LogP contribution is -2.15. The first kappa shape index (κ1) is 18.1. The Morgan fingerprint density at radius 2 is 1.50 bits per heavy atom. The van der Waals surface area contributed by atoms with Gasteiger partial charge in [-0.15, -0.1) is 0 Å². The second-order valence-electron chi connectivity index (χ2n) is 5.35. The normalized spacial score (nSPS) is 11.2. The molecule has 6 heteroatoms. The van der Waals surface area contributed by atoms with Crippen LogP contribution in [0, 0.1) is 13.8 Å². The van der Waals surface area contributed by atoms with E-state index >= 15 is 0 Å². The van der Waals surface area contributed by atoms with Gasteiger partial charge >= 0.3 is 0 Å². The Hall–Kier alpha value is -2.21. The average molecular weight is 349 g/mol. The molecule has 2 rings (SSSR count). The number of rotatable bonds is 7. The third-order valence-electron chi connectivity index (χ3n) is 3.54. The number of sulfonamides is 1. The Bertz CT molecular complexity index is 796. The van der Waals surface area contributed by atoms with Gasteiger partial charge in [0.1, 0.15) is 0 Å². The van der Waals surface area contributed by atoms with E-state index in [4.69, 9.17) is 9.47 Å². The number of para-hydroxylation sites is 1. The molecule has 0 aliphatic carbocycles. The molecule has 24 heavy (non-hydrogen) atoms. The van der Waals surface area contributed by atoms with Crippen LogP contribution < -0.4 is 14.2 Å². The van der Waals surface area contributed by atoms with E-state index in [9.17, 15) is 8.42 Å². The summed E-state index contributed by atoms with van der Waals surface area (Å²) in [5.74, 6) is 0.953. The van der Waals surface area contributed by atoms with Crippen LogP contribution in [0.1, 0.15) is 25.0 Å². The van der Waals surface area contributed by atoms with Gasteiger partial charge < -0.3 is 9.47 Å². The second-order valence-corrected chi connectivity index (χ2v) is 7.03. The summed E-state index contributed by atoms with van der Waals surface area (Å²) in [4.78, 5) is 0.136. The molecule has 2 aromatic carbocycles. The first-order chi connectivity index (χ1) is 11.4. The summed E-state index contributed by atoms with van der Waals surface area (Å²) in [6, 6.07) is 10.3. The molecule has 0 saturated heterocycles. The van der Waals surface area contributed by atoms with Gasteiger partial charge in [-0.3, -0.25) is 4.72 Å². The molecule has 130 valence electrons. The molecular weight excluding hydrogens is 326 g/mol. The number of anilines is 1. The average Bonchev–Trinajstić information content (AvgIpc) is 2.53. The predicted octanol–water partition coefficient (Wildman–Crippen LogP) is 3.90. The Kier molecular flexibility index (Phi) is 5.72. The zero-order valence-electron chi connectivity index (χ0n) is 14.4. The molecule has 0 amide bonds. The van der Waals surface area contributed by atoms with E-state index in [2.05, 4.69) is 4.72 Å². The van der Waals surface area contributed by atoms with Gasteiger partial charge in [0.15, 0.2) is 11.5 Å². The van der Waals surface area contributed by atoms with Crippen LogP contribution in [0.5, 0.6) is 11.5 Å². The molecule has 5 nitrogen and oxygen atoms in total. The van der Waals surface area contributed by atoms with Gasteiger partial charge in [-0.05, 0) is 51.0 Å². The van der Waals surface area contributed by atoms with Crippen molar-refractivity contribution in [3.63, 3.8) is 0 Å². The molecule has 0 atom stereocenters. The summed E-state index contributed by atoms with van der Waals surface area (Å²) in [5, 5.41) is 0. The van der Waals surface area contributed by atoms with Crippen molar-refractivity contribution >= 4 is 15.7 Å². The molecular formula is C18H23NO4S. The molecule has 0 unspecified atom stereocenters. The van der Waals surface area contributed by atoms with E-state index in [1.807, 2.05) is 45.9 Å². The topological polar surface area (TPSA) is 64.6 Å². The lowest BCUT2D eigenvalue weighted by Gasteiger charge is -2.15. The zero-order chi connectivity index (χ0) is 17.7. The highest BCUT2D eigenvalue weighted by molar-refractivity contribution is 7.92. The fourth-order valence-electron chi connectivity index (χ4n) is 2.37. The molecule has 0 aliphatic rings. The summed E-state index contributed by atoms with van der Waals surface area (Å²) in [6.07, 6.45) is 0. The first-order valence-electron chi connectivity index (χ1n) is 7.87. The van der Waals surface area contributed by atoms with Crippen LogP contribution in [-0.4, -0.2) is 21.6 Å². The summed E-state index contributed by atoms with van der Waals surface area (Å²) in [6.45, 7) is 8.35. The molecule has 2 aromatic rings. The molecule has 0 spiro atoms. The standard InChI is InChI=1S/C18H23NO4S/c1-5-22-16-11-10-15(12-17(16)23-6-2)24(20,21)19-18-13(3)8-7-9-14(18)4/h7-12,19H,5-6H2,1-4H3. The highest BCUT2D eigenvalue weighted by Crippen LogP contribution is 2.31. The van der Waals surface area contributed by atoms with Crippen molar-refractivity contribution in [3.8, 4) is 11.5 Å². The maximum Gasteiger partial charge on any atom is 0.262 e. The van der Waals surface area contributed by atoms with E-state index in [0.717, 1.165) is 11.1 Å². The highest BCUT2D eigenvalue weighted by atomic mass is 32.2. The number of benzene rings is 2. The van der Waals surface area contributed by atoms with Crippen molar-refractivity contribution < 1.29 is 17.9 Å². The minimum Gasteiger partial charge on any atom is -0.490 e. The summed E-state index contributed by atoms with van der Waals surface area (Å²) >= 11 is 0. The number of ether oxygens (including phenoxy) is 2. The minimum absolute atomic E-state index is 0.136. The SMILES string of the molecule is CCOc1ccc(S(=O)(=O)Nc2c(C)cccc2C)cc1OCC. The predicted molar refractivity (Wildman–Crippen MR) is 95.5 cm³/mol. The van der Waals surface area contributed by atoms with Crippen LogP contribution >= 0.6 is 0 Å². The van der Waals surface area contributed by atoms with Crippen molar-refractivity contribution in [2.75, 3.05) is 17.9 Å². The van der Waals surface area contributed by atoms with Gasteiger partial charge in [0, 0.05) is 6.07 Å². The summed E-state index contributed by atoms with van der Waals surface area (Å²) in [5.41, 5.74) is 2.34. The fraction of sp³-hybridized carbons (Fsp3) is 0.333. The molecule has 0 fully saturated rings. The van der Waals surface area contributed by atoms with Gasteiger partial charge in [-0.2, -0.15) is 0 Å². The largest absolute Gasteiger partial charge is 0.490 e. The third-order valence-corrected chi connectivity index (χ3v) is 4.89. The molecule has 0 radical (unpaired) electrons. The van der Waals surface area contributed by atoms with E-state index < -0.39 is 10.0 Å². The third kappa shape index (κ3) is 4.00. The molecule has 0 heterocycles. The van der Waals surface area contributed by atoms with Crippen molar-refractivity contribution in [2.24, 2.45) is 0 Å². The first-order valence-corrected chi connectivity index (χ1v) is 9.36. The quantitative estimate of drug-likeness (QED) is 0.823. The Morgan fingerprint density at radius 3 is 2.08 bits per heavy atom. The summed E-state index contributed by atoms with van der Waals surface area (Å²) < 4.78 is 39.1. The van der Waals surface area contributed by atoms with Crippen LogP contribution in [0.15, 0.2) is 41.3 Å². The van der Waals surface area contributed by atoms with E-state index in [-0.39, 0.29) is 4.90 Å². The van der Waals surface area contributed by atoms with Gasteiger partial charge in [0.05, 0.1) is 23.8 Å². The van der Waals surface area contributed by atoms with Gasteiger partial charge in [0.2, 0.25) is 0 Å². The minimum atomic E-state index is -3.72. The monoisotopic (exact) mass is 349 g/mol. The molecule has 0 saturated carbocycles. The van der Waals surface area contributed by atoms with Crippen molar-refractivity contribution in [1.29, 1.82) is 0 Å². The zero-order valence-corrected chi connectivity index (χ0v) is 15.2. The van der Waals surface area contributed by atoms with Crippen LogP contribution in [-0.2, 0) is 10.0 Å².